The molecule has 0 atom stereocenters. The first-order valence-electron chi connectivity index (χ1n) is 6.73. The molecule has 3 heteroatoms. The monoisotopic (exact) mass is 280 g/mol. The molecular formula is C16H21FOS. The topological polar surface area (TPSA) is 20.2 Å². The lowest BCUT2D eigenvalue weighted by Gasteiger charge is -2.04. The molecule has 1 nitrogen and oxygen atoms in total. The van der Waals surface area contributed by atoms with Crippen LogP contribution in [0.4, 0.5) is 4.39 Å². The largest absolute Gasteiger partial charge is 0.395 e. The molecule has 0 radical (unpaired) electrons. The molecule has 1 aromatic carbocycles. The first-order chi connectivity index (χ1) is 9.27. The van der Waals surface area contributed by atoms with Gasteiger partial charge >= 0.3 is 0 Å². The highest BCUT2D eigenvalue weighted by atomic mass is 32.2. The quantitative estimate of drug-likeness (QED) is 0.602. The SMILES string of the molecule is CCCCCSCc1ccc(C#CCCO)cc1F. The van der Waals surface area contributed by atoms with Gasteiger partial charge in [0.2, 0.25) is 0 Å². The second-order valence-electron chi connectivity index (χ2n) is 4.34. The van der Waals surface area contributed by atoms with E-state index in [0.29, 0.717) is 12.0 Å². The minimum atomic E-state index is -0.182. The third-order valence-corrected chi connectivity index (χ3v) is 3.76. The van der Waals surface area contributed by atoms with E-state index in [1.807, 2.05) is 12.1 Å². The highest BCUT2D eigenvalue weighted by Gasteiger charge is 2.02. The van der Waals surface area contributed by atoms with Crippen molar-refractivity contribution in [1.29, 1.82) is 0 Å². The Bertz CT molecular complexity index is 434. The van der Waals surface area contributed by atoms with Crippen molar-refractivity contribution in [3.05, 3.63) is 35.1 Å². The van der Waals surface area contributed by atoms with Gasteiger partial charge in [-0.3, -0.25) is 0 Å². The minimum Gasteiger partial charge on any atom is -0.395 e. The van der Waals surface area contributed by atoms with Crippen LogP contribution in [0.15, 0.2) is 18.2 Å². The van der Waals surface area contributed by atoms with Crippen LogP contribution in [0.25, 0.3) is 0 Å². The highest BCUT2D eigenvalue weighted by molar-refractivity contribution is 7.98. The Morgan fingerprint density at radius 2 is 2.16 bits per heavy atom. The zero-order valence-electron chi connectivity index (χ0n) is 11.4. The number of halogens is 1. The lowest BCUT2D eigenvalue weighted by molar-refractivity contribution is 0.305. The second kappa shape index (κ2) is 9.89. The van der Waals surface area contributed by atoms with E-state index in [4.69, 9.17) is 5.11 Å². The average molecular weight is 280 g/mol. The molecule has 1 rings (SSSR count). The maximum absolute atomic E-state index is 13.8. The number of aliphatic hydroxyl groups excluding tert-OH is 1. The van der Waals surface area contributed by atoms with Crippen LogP contribution in [0.5, 0.6) is 0 Å². The van der Waals surface area contributed by atoms with E-state index in [9.17, 15) is 4.39 Å². The van der Waals surface area contributed by atoms with Crippen molar-refractivity contribution in [1.82, 2.24) is 0 Å². The number of thioether (sulfide) groups is 1. The fourth-order valence-electron chi connectivity index (χ4n) is 1.60. The standard InChI is InChI=1S/C16H21FOS/c1-2-3-6-11-19-13-15-9-8-14(12-16(15)17)7-4-5-10-18/h8-9,12,18H,2-3,5-6,10-11,13H2,1H3. The average Bonchev–Trinajstić information content (AvgIpc) is 2.41. The summed E-state index contributed by atoms with van der Waals surface area (Å²) >= 11 is 1.78. The van der Waals surface area contributed by atoms with Crippen LogP contribution in [0, 0.1) is 17.7 Å². The maximum Gasteiger partial charge on any atom is 0.128 e. The molecule has 1 aromatic rings. The van der Waals surface area contributed by atoms with Gasteiger partial charge in [0.25, 0.3) is 0 Å². The molecule has 0 heterocycles. The van der Waals surface area contributed by atoms with E-state index in [2.05, 4.69) is 18.8 Å². The van der Waals surface area contributed by atoms with Gasteiger partial charge in [0, 0.05) is 17.7 Å². The predicted molar refractivity (Wildman–Crippen MR) is 80.7 cm³/mol. The predicted octanol–water partition coefficient (Wildman–Crippen LogP) is 3.98. The summed E-state index contributed by atoms with van der Waals surface area (Å²) in [7, 11) is 0. The summed E-state index contributed by atoms with van der Waals surface area (Å²) in [6, 6.07) is 5.13. The molecule has 1 N–H and O–H groups in total. The normalized spacial score (nSPS) is 10.1. The zero-order chi connectivity index (χ0) is 13.9. The summed E-state index contributed by atoms with van der Waals surface area (Å²) in [5.41, 5.74) is 1.42. The van der Waals surface area contributed by atoms with Gasteiger partial charge < -0.3 is 5.11 Å². The van der Waals surface area contributed by atoms with E-state index in [-0.39, 0.29) is 12.4 Å². The number of hydrogen-bond donors (Lipinski definition) is 1. The molecule has 0 aliphatic carbocycles. The lowest BCUT2D eigenvalue weighted by Crippen LogP contribution is -1.90. The van der Waals surface area contributed by atoms with Gasteiger partial charge in [0.15, 0.2) is 0 Å². The summed E-state index contributed by atoms with van der Waals surface area (Å²) in [5, 5.41) is 8.62. The second-order valence-corrected chi connectivity index (χ2v) is 5.45. The Hall–Kier alpha value is -0.980. The van der Waals surface area contributed by atoms with Crippen molar-refractivity contribution in [2.75, 3.05) is 12.4 Å². The van der Waals surface area contributed by atoms with Crippen molar-refractivity contribution in [3.8, 4) is 11.8 Å². The summed E-state index contributed by atoms with van der Waals surface area (Å²) in [6.45, 7) is 2.23. The van der Waals surface area contributed by atoms with Gasteiger partial charge in [-0.15, -0.1) is 0 Å². The molecule has 0 amide bonds. The van der Waals surface area contributed by atoms with Crippen LogP contribution in [0.2, 0.25) is 0 Å². The third kappa shape index (κ3) is 6.66. The molecule has 0 aliphatic rings. The summed E-state index contributed by atoms with van der Waals surface area (Å²) in [6.07, 6.45) is 4.09. The molecule has 0 bridgehead atoms. The van der Waals surface area contributed by atoms with Gasteiger partial charge in [0.05, 0.1) is 6.61 Å². The smallest absolute Gasteiger partial charge is 0.128 e. The maximum atomic E-state index is 13.8. The zero-order valence-corrected chi connectivity index (χ0v) is 12.2. The molecule has 0 unspecified atom stereocenters. The molecule has 0 spiro atoms. The minimum absolute atomic E-state index is 0.0436. The molecule has 19 heavy (non-hydrogen) atoms. The number of rotatable bonds is 7. The first-order valence-corrected chi connectivity index (χ1v) is 7.89. The fourth-order valence-corrected chi connectivity index (χ4v) is 2.61. The van der Waals surface area contributed by atoms with Crippen LogP contribution >= 0.6 is 11.8 Å². The summed E-state index contributed by atoms with van der Waals surface area (Å²) in [5.74, 6) is 7.26. The van der Waals surface area contributed by atoms with Gasteiger partial charge in [-0.25, -0.2) is 4.39 Å². The molecule has 0 fully saturated rings. The van der Waals surface area contributed by atoms with Crippen LogP contribution < -0.4 is 0 Å². The number of benzene rings is 1. The fraction of sp³-hybridized carbons (Fsp3) is 0.500. The van der Waals surface area contributed by atoms with Gasteiger partial charge in [-0.05, 0) is 29.9 Å². The van der Waals surface area contributed by atoms with Gasteiger partial charge in [-0.1, -0.05) is 37.7 Å². The molecule has 0 aliphatic heterocycles. The van der Waals surface area contributed by atoms with Crippen molar-refractivity contribution < 1.29 is 9.50 Å². The van der Waals surface area contributed by atoms with Crippen molar-refractivity contribution in [2.45, 2.75) is 38.4 Å². The van der Waals surface area contributed by atoms with Crippen molar-refractivity contribution in [2.24, 2.45) is 0 Å². The highest BCUT2D eigenvalue weighted by Crippen LogP contribution is 2.18. The Balaban J connectivity index is 2.46. The van der Waals surface area contributed by atoms with E-state index in [1.54, 1.807) is 11.8 Å². The Morgan fingerprint density at radius 3 is 2.84 bits per heavy atom. The van der Waals surface area contributed by atoms with E-state index < -0.39 is 0 Å². The summed E-state index contributed by atoms with van der Waals surface area (Å²) < 4.78 is 13.8. The van der Waals surface area contributed by atoms with Crippen LogP contribution in [0.3, 0.4) is 0 Å². The van der Waals surface area contributed by atoms with E-state index >= 15 is 0 Å². The molecule has 104 valence electrons. The van der Waals surface area contributed by atoms with Crippen molar-refractivity contribution >= 4 is 11.8 Å². The van der Waals surface area contributed by atoms with E-state index in [0.717, 1.165) is 17.1 Å². The Labute approximate surface area is 119 Å². The Kier molecular flexibility index (Phi) is 8.36. The van der Waals surface area contributed by atoms with Crippen molar-refractivity contribution in [3.63, 3.8) is 0 Å². The number of unbranched alkanes of at least 4 members (excludes halogenated alkanes) is 2. The number of aliphatic hydroxyl groups is 1. The van der Waals surface area contributed by atoms with E-state index in [1.165, 1.54) is 25.3 Å². The molecule has 0 saturated heterocycles. The van der Waals surface area contributed by atoms with Crippen LogP contribution in [-0.2, 0) is 5.75 Å². The third-order valence-electron chi connectivity index (χ3n) is 2.67. The summed E-state index contributed by atoms with van der Waals surface area (Å²) in [4.78, 5) is 0. The van der Waals surface area contributed by atoms with Gasteiger partial charge in [0.1, 0.15) is 5.82 Å². The lowest BCUT2D eigenvalue weighted by atomic mass is 10.1. The van der Waals surface area contributed by atoms with Crippen LogP contribution in [-0.4, -0.2) is 17.5 Å². The molecule has 0 saturated carbocycles. The molecule has 0 aromatic heterocycles. The molecular weight excluding hydrogens is 259 g/mol. The first kappa shape index (κ1) is 16.1. The van der Waals surface area contributed by atoms with Crippen LogP contribution in [0.1, 0.15) is 43.7 Å². The number of hydrogen-bond acceptors (Lipinski definition) is 2. The van der Waals surface area contributed by atoms with Gasteiger partial charge in [-0.2, -0.15) is 11.8 Å². The Morgan fingerprint density at radius 1 is 1.32 bits per heavy atom.